The molecule has 0 aliphatic rings. The lowest BCUT2D eigenvalue weighted by Gasteiger charge is -2.33. The van der Waals surface area contributed by atoms with Crippen molar-refractivity contribution in [2.45, 2.75) is 24.4 Å². The molecule has 0 atom stereocenters. The van der Waals surface area contributed by atoms with Gasteiger partial charge in [0.25, 0.3) is 5.60 Å². The number of carbonyl (C=O) groups is 1. The molecule has 0 unspecified atom stereocenters. The van der Waals surface area contributed by atoms with Gasteiger partial charge in [0, 0.05) is 22.4 Å². The van der Waals surface area contributed by atoms with E-state index in [0.717, 1.165) is 6.07 Å². The molecule has 32 heavy (non-hydrogen) atoms. The summed E-state index contributed by atoms with van der Waals surface area (Å²) in [5.41, 5.74) is -9.19. The van der Waals surface area contributed by atoms with Crippen molar-refractivity contribution in [3.8, 4) is 5.75 Å². The van der Waals surface area contributed by atoms with Crippen molar-refractivity contribution >= 4 is 28.5 Å². The first kappa shape index (κ1) is 23.6. The van der Waals surface area contributed by atoms with E-state index >= 15 is 0 Å². The van der Waals surface area contributed by atoms with Gasteiger partial charge in [0.1, 0.15) is 5.56 Å². The minimum atomic E-state index is -6.21. The third-order valence-corrected chi connectivity index (χ3v) is 5.02. The van der Waals surface area contributed by atoms with Gasteiger partial charge in [0.15, 0.2) is 5.75 Å². The SMILES string of the molecule is O=C(O)c1c(O)c(Cc2ccc(Cl)cc2)nc2c(C(O)(C(F)(F)F)C(F)(F)F)cccc12. The van der Waals surface area contributed by atoms with Crippen LogP contribution in [0.3, 0.4) is 0 Å². The Balaban J connectivity index is 2.39. The van der Waals surface area contributed by atoms with Crippen LogP contribution in [0.25, 0.3) is 10.9 Å². The Morgan fingerprint density at radius 2 is 1.53 bits per heavy atom. The standard InChI is InChI=1S/C20H12ClF6NO4/c21-10-6-4-9(5-7-10)8-13-16(29)14(17(30)31)11-2-1-3-12(15(11)28-13)18(32,19(22,23)24)20(25,26)27/h1-7,29,32H,8H2,(H,30,31). The molecule has 0 amide bonds. The van der Waals surface area contributed by atoms with Crippen LogP contribution in [0, 0.1) is 0 Å². The van der Waals surface area contributed by atoms with E-state index in [1.54, 1.807) is 0 Å². The van der Waals surface area contributed by atoms with Crippen molar-refractivity contribution in [2.75, 3.05) is 0 Å². The van der Waals surface area contributed by atoms with Crippen molar-refractivity contribution < 1.29 is 46.5 Å². The zero-order valence-corrected chi connectivity index (χ0v) is 16.3. The van der Waals surface area contributed by atoms with Gasteiger partial charge in [-0.15, -0.1) is 0 Å². The molecule has 0 aliphatic carbocycles. The number of halogens is 7. The van der Waals surface area contributed by atoms with Gasteiger partial charge in [0.05, 0.1) is 11.2 Å². The van der Waals surface area contributed by atoms with Crippen molar-refractivity contribution in [2.24, 2.45) is 0 Å². The maximum absolute atomic E-state index is 13.5. The number of hydrogen-bond donors (Lipinski definition) is 3. The Labute approximate surface area is 180 Å². The van der Waals surface area contributed by atoms with Gasteiger partial charge >= 0.3 is 18.3 Å². The van der Waals surface area contributed by atoms with Gasteiger partial charge in [-0.2, -0.15) is 26.3 Å². The molecule has 1 aromatic heterocycles. The monoisotopic (exact) mass is 479 g/mol. The number of nitrogens with zero attached hydrogens (tertiary/aromatic N) is 1. The third kappa shape index (κ3) is 3.82. The fourth-order valence-corrected chi connectivity index (χ4v) is 3.34. The lowest BCUT2D eigenvalue weighted by atomic mass is 9.88. The lowest BCUT2D eigenvalue weighted by molar-refractivity contribution is -0.375. The van der Waals surface area contributed by atoms with E-state index in [0.29, 0.717) is 22.7 Å². The summed E-state index contributed by atoms with van der Waals surface area (Å²) in [6.07, 6.45) is -12.8. The summed E-state index contributed by atoms with van der Waals surface area (Å²) in [5.74, 6) is -2.74. The highest BCUT2D eigenvalue weighted by atomic mass is 35.5. The van der Waals surface area contributed by atoms with Crippen LogP contribution >= 0.6 is 11.6 Å². The molecule has 0 bridgehead atoms. The van der Waals surface area contributed by atoms with Crippen LogP contribution in [0.2, 0.25) is 5.02 Å². The maximum Gasteiger partial charge on any atom is 0.430 e. The molecular formula is C20H12ClF6NO4. The number of aromatic carboxylic acids is 1. The van der Waals surface area contributed by atoms with Gasteiger partial charge in [-0.1, -0.05) is 41.9 Å². The number of para-hydroxylation sites is 1. The second kappa shape index (κ2) is 7.82. The smallest absolute Gasteiger partial charge is 0.430 e. The second-order valence-corrected chi connectivity index (χ2v) is 7.23. The summed E-state index contributed by atoms with van der Waals surface area (Å²) < 4.78 is 80.8. The Bertz CT molecular complexity index is 1180. The number of aromatic hydroxyl groups is 1. The molecule has 3 N–H and O–H groups in total. The number of hydrogen-bond acceptors (Lipinski definition) is 4. The number of aromatic nitrogens is 1. The number of rotatable bonds is 4. The van der Waals surface area contributed by atoms with Crippen LogP contribution in [0.4, 0.5) is 26.3 Å². The van der Waals surface area contributed by atoms with E-state index in [1.807, 2.05) is 0 Å². The molecule has 1 heterocycles. The molecular weight excluding hydrogens is 468 g/mol. The van der Waals surface area contributed by atoms with Crippen LogP contribution in [-0.2, 0) is 12.0 Å². The number of carboxylic acids is 1. The minimum absolute atomic E-state index is 0.332. The van der Waals surface area contributed by atoms with Gasteiger partial charge < -0.3 is 15.3 Å². The van der Waals surface area contributed by atoms with Crippen molar-refractivity contribution in [3.05, 3.63) is 69.9 Å². The lowest BCUT2D eigenvalue weighted by Crippen LogP contribution is -2.54. The quantitative estimate of drug-likeness (QED) is 0.448. The summed E-state index contributed by atoms with van der Waals surface area (Å²) in [5, 5.41) is 29.4. The fraction of sp³-hybridized carbons (Fsp3) is 0.200. The van der Waals surface area contributed by atoms with Crippen LogP contribution in [0.15, 0.2) is 42.5 Å². The van der Waals surface area contributed by atoms with E-state index in [2.05, 4.69) is 4.98 Å². The predicted octanol–water partition coefficient (Wildman–Crippen LogP) is 5.20. The van der Waals surface area contributed by atoms with E-state index in [1.165, 1.54) is 24.3 Å². The Morgan fingerprint density at radius 3 is 2.03 bits per heavy atom. The number of carboxylic acid groups (broad SMARTS) is 1. The molecule has 3 aromatic rings. The Hall–Kier alpha value is -3.05. The highest BCUT2D eigenvalue weighted by Crippen LogP contribution is 2.51. The predicted molar refractivity (Wildman–Crippen MR) is 101 cm³/mol. The molecule has 0 spiro atoms. The third-order valence-electron chi connectivity index (χ3n) is 4.77. The molecule has 0 radical (unpaired) electrons. The first-order chi connectivity index (χ1) is 14.7. The molecule has 5 nitrogen and oxygen atoms in total. The van der Waals surface area contributed by atoms with Gasteiger partial charge in [-0.3, -0.25) is 0 Å². The Morgan fingerprint density at radius 1 is 0.969 bits per heavy atom. The van der Waals surface area contributed by atoms with E-state index in [-0.39, 0.29) is 6.42 Å². The Kier molecular flexibility index (Phi) is 5.77. The molecule has 0 aliphatic heterocycles. The van der Waals surface area contributed by atoms with Crippen molar-refractivity contribution in [3.63, 3.8) is 0 Å². The number of fused-ring (bicyclic) bond motifs is 1. The fourth-order valence-electron chi connectivity index (χ4n) is 3.22. The minimum Gasteiger partial charge on any atom is -0.505 e. The number of alkyl halides is 6. The summed E-state index contributed by atoms with van der Waals surface area (Å²) in [6.45, 7) is 0. The average Bonchev–Trinajstić information content (AvgIpc) is 2.67. The number of benzene rings is 2. The van der Waals surface area contributed by atoms with Crippen molar-refractivity contribution in [1.29, 1.82) is 0 Å². The van der Waals surface area contributed by atoms with Gasteiger partial charge in [-0.05, 0) is 17.7 Å². The summed E-state index contributed by atoms with van der Waals surface area (Å²) in [7, 11) is 0. The summed E-state index contributed by atoms with van der Waals surface area (Å²) in [4.78, 5) is 15.4. The molecule has 0 fully saturated rings. The molecule has 0 saturated heterocycles. The molecule has 170 valence electrons. The van der Waals surface area contributed by atoms with Crippen LogP contribution in [-0.4, -0.2) is 38.6 Å². The van der Waals surface area contributed by atoms with Crippen LogP contribution < -0.4 is 0 Å². The number of aliphatic hydroxyl groups is 1. The first-order valence-corrected chi connectivity index (χ1v) is 9.05. The highest BCUT2D eigenvalue weighted by molar-refractivity contribution is 6.30. The van der Waals surface area contributed by atoms with E-state index in [4.69, 9.17) is 11.6 Å². The normalized spacial score (nSPS) is 12.9. The topological polar surface area (TPSA) is 90.7 Å². The second-order valence-electron chi connectivity index (χ2n) is 6.80. The summed E-state index contributed by atoms with van der Waals surface area (Å²) in [6, 6.07) is 7.70. The largest absolute Gasteiger partial charge is 0.505 e. The molecule has 0 saturated carbocycles. The highest BCUT2D eigenvalue weighted by Gasteiger charge is 2.72. The van der Waals surface area contributed by atoms with Crippen LogP contribution in [0.1, 0.15) is 27.2 Å². The van der Waals surface area contributed by atoms with E-state index in [9.17, 15) is 46.5 Å². The van der Waals surface area contributed by atoms with Crippen molar-refractivity contribution in [1.82, 2.24) is 4.98 Å². The van der Waals surface area contributed by atoms with Gasteiger partial charge in [0.2, 0.25) is 0 Å². The number of pyridine rings is 1. The van der Waals surface area contributed by atoms with E-state index < -0.39 is 57.4 Å². The first-order valence-electron chi connectivity index (χ1n) is 8.67. The van der Waals surface area contributed by atoms with Gasteiger partial charge in [-0.25, -0.2) is 9.78 Å². The zero-order chi connectivity index (χ0) is 24.1. The van der Waals surface area contributed by atoms with Crippen LogP contribution in [0.5, 0.6) is 5.75 Å². The molecule has 2 aromatic carbocycles. The molecule has 12 heteroatoms. The maximum atomic E-state index is 13.5. The average molecular weight is 480 g/mol. The molecule has 3 rings (SSSR count). The summed E-state index contributed by atoms with van der Waals surface area (Å²) >= 11 is 5.76. The zero-order valence-electron chi connectivity index (χ0n) is 15.6.